The molecule has 7 heteroatoms. The molecule has 0 bridgehead atoms. The summed E-state index contributed by atoms with van der Waals surface area (Å²) >= 11 is 11.8. The molecule has 2 aliphatic rings. The molecule has 1 saturated carbocycles. The zero-order valence-corrected chi connectivity index (χ0v) is 15.4. The first-order valence-electron chi connectivity index (χ1n) is 8.49. The van der Waals surface area contributed by atoms with Gasteiger partial charge in [0.25, 0.3) is 0 Å². The molecule has 4 rings (SSSR count). The summed E-state index contributed by atoms with van der Waals surface area (Å²) in [5, 5.41) is 3.95. The molecule has 0 saturated heterocycles. The lowest BCUT2D eigenvalue weighted by Crippen LogP contribution is -2.49. The number of benzene rings is 1. The largest absolute Gasteiger partial charge is 0.345 e. The topological polar surface area (TPSA) is 62.3 Å². The van der Waals surface area contributed by atoms with Crippen LogP contribution in [0, 0.1) is 0 Å². The van der Waals surface area contributed by atoms with E-state index >= 15 is 0 Å². The molecule has 0 radical (unpaired) electrons. The van der Waals surface area contributed by atoms with Gasteiger partial charge in [-0.2, -0.15) is 0 Å². The van der Waals surface area contributed by atoms with Gasteiger partial charge in [-0.1, -0.05) is 41.4 Å². The van der Waals surface area contributed by atoms with Gasteiger partial charge < -0.3 is 10.2 Å². The van der Waals surface area contributed by atoms with Gasteiger partial charge in [-0.15, -0.1) is 0 Å². The highest BCUT2D eigenvalue weighted by Crippen LogP contribution is 2.37. The number of hydrogen-bond donors (Lipinski definition) is 1. The molecule has 0 unspecified atom stereocenters. The highest BCUT2D eigenvalue weighted by molar-refractivity contribution is 6.35. The fourth-order valence-electron chi connectivity index (χ4n) is 3.50. The lowest BCUT2D eigenvalue weighted by Gasteiger charge is -2.36. The van der Waals surface area contributed by atoms with Gasteiger partial charge in [-0.3, -0.25) is 9.59 Å². The molecule has 1 fully saturated rings. The van der Waals surface area contributed by atoms with E-state index in [9.17, 15) is 9.59 Å². The first kappa shape index (κ1) is 17.3. The van der Waals surface area contributed by atoms with Crippen LogP contribution in [0.3, 0.4) is 0 Å². The van der Waals surface area contributed by atoms with Crippen LogP contribution < -0.4 is 5.32 Å². The number of pyridine rings is 1. The summed E-state index contributed by atoms with van der Waals surface area (Å²) in [5.41, 5.74) is 2.90. The van der Waals surface area contributed by atoms with Crippen LogP contribution in [0.5, 0.6) is 0 Å². The number of amides is 2. The number of nitrogens with one attached hydrogen (secondary N) is 1. The molecule has 0 atom stereocenters. The van der Waals surface area contributed by atoms with Crippen molar-refractivity contribution < 1.29 is 9.59 Å². The fraction of sp³-hybridized carbons (Fsp3) is 0.316. The molecule has 5 nitrogen and oxygen atoms in total. The van der Waals surface area contributed by atoms with E-state index in [1.165, 1.54) is 10.5 Å². The number of aromatic nitrogens is 1. The summed E-state index contributed by atoms with van der Waals surface area (Å²) in [6.45, 7) is 0.712. The van der Waals surface area contributed by atoms with E-state index in [4.69, 9.17) is 23.2 Å². The Labute approximate surface area is 161 Å². The van der Waals surface area contributed by atoms with Crippen LogP contribution in [0.1, 0.15) is 35.6 Å². The quantitative estimate of drug-likeness (QED) is 0.632. The van der Waals surface area contributed by atoms with Crippen LogP contribution in [0.4, 0.5) is 0 Å². The maximum absolute atomic E-state index is 12.4. The van der Waals surface area contributed by atoms with Crippen LogP contribution in [0.2, 0.25) is 10.2 Å². The van der Waals surface area contributed by atoms with Crippen LogP contribution in [0.15, 0.2) is 36.4 Å². The minimum Gasteiger partial charge on any atom is -0.345 e. The Balaban J connectivity index is 1.29. The van der Waals surface area contributed by atoms with Crippen molar-refractivity contribution in [2.75, 3.05) is 0 Å². The molecule has 0 spiro atoms. The van der Waals surface area contributed by atoms with Gasteiger partial charge in [0.15, 0.2) is 0 Å². The molecule has 134 valence electrons. The Bertz CT molecular complexity index is 864. The monoisotopic (exact) mass is 389 g/mol. The van der Waals surface area contributed by atoms with Crippen molar-refractivity contribution in [1.29, 1.82) is 0 Å². The van der Waals surface area contributed by atoms with Crippen molar-refractivity contribution in [3.63, 3.8) is 0 Å². The minimum atomic E-state index is -0.552. The zero-order valence-electron chi connectivity index (χ0n) is 13.9. The smallest absolute Gasteiger partial charge is 0.312 e. The van der Waals surface area contributed by atoms with Crippen molar-refractivity contribution in [3.05, 3.63) is 63.4 Å². The third-order valence-electron chi connectivity index (χ3n) is 5.03. The van der Waals surface area contributed by atoms with E-state index in [1.807, 2.05) is 30.3 Å². The van der Waals surface area contributed by atoms with E-state index in [2.05, 4.69) is 10.3 Å². The lowest BCUT2D eigenvalue weighted by molar-refractivity contribution is -0.147. The summed E-state index contributed by atoms with van der Waals surface area (Å²) in [6.07, 6.45) is 1.66. The molecule has 1 aromatic heterocycles. The molecule has 1 aliphatic carbocycles. The second kappa shape index (κ2) is 6.89. The van der Waals surface area contributed by atoms with E-state index in [0.717, 1.165) is 24.1 Å². The zero-order chi connectivity index (χ0) is 18.3. The summed E-state index contributed by atoms with van der Waals surface area (Å²) < 4.78 is 0. The number of carbonyl (C=O) groups is 2. The lowest BCUT2D eigenvalue weighted by atomic mass is 9.76. The van der Waals surface area contributed by atoms with Gasteiger partial charge in [0.2, 0.25) is 0 Å². The third-order valence-corrected chi connectivity index (χ3v) is 5.49. The minimum absolute atomic E-state index is 0.0321. The van der Waals surface area contributed by atoms with Crippen LogP contribution in [0.25, 0.3) is 0 Å². The Hall–Kier alpha value is -2.11. The molecule has 1 aliphatic heterocycles. The summed E-state index contributed by atoms with van der Waals surface area (Å²) in [4.78, 5) is 30.4. The van der Waals surface area contributed by atoms with Gasteiger partial charge in [-0.05, 0) is 48.1 Å². The maximum Gasteiger partial charge on any atom is 0.312 e. The normalized spacial score (nSPS) is 21.1. The SMILES string of the molecule is O=C(NC1CC(c2ccc(Cl)cc2)C1)C(=O)N1Cc2ccc(Cl)nc2C1. The van der Waals surface area contributed by atoms with Crippen LogP contribution >= 0.6 is 23.2 Å². The van der Waals surface area contributed by atoms with Crippen molar-refractivity contribution in [3.8, 4) is 0 Å². The molecule has 26 heavy (non-hydrogen) atoms. The van der Waals surface area contributed by atoms with E-state index in [-0.39, 0.29) is 6.04 Å². The number of rotatable bonds is 2. The molecule has 2 aromatic rings. The second-order valence-electron chi connectivity index (χ2n) is 6.79. The van der Waals surface area contributed by atoms with Crippen molar-refractivity contribution in [2.24, 2.45) is 0 Å². The predicted molar refractivity (Wildman–Crippen MR) is 98.9 cm³/mol. The highest BCUT2D eigenvalue weighted by Gasteiger charge is 2.35. The van der Waals surface area contributed by atoms with Crippen LogP contribution in [-0.2, 0) is 22.7 Å². The van der Waals surface area contributed by atoms with Gasteiger partial charge in [0.05, 0.1) is 12.2 Å². The maximum atomic E-state index is 12.4. The fourth-order valence-corrected chi connectivity index (χ4v) is 3.79. The summed E-state index contributed by atoms with van der Waals surface area (Å²) in [7, 11) is 0. The van der Waals surface area contributed by atoms with E-state index in [0.29, 0.717) is 29.2 Å². The summed E-state index contributed by atoms with van der Waals surface area (Å²) in [5.74, 6) is -0.674. The number of halogens is 2. The predicted octanol–water partition coefficient (Wildman–Crippen LogP) is 3.29. The number of fused-ring (bicyclic) bond motifs is 1. The number of hydrogen-bond acceptors (Lipinski definition) is 3. The number of nitrogens with zero attached hydrogens (tertiary/aromatic N) is 2. The molecular formula is C19H17Cl2N3O2. The molecular weight excluding hydrogens is 373 g/mol. The van der Waals surface area contributed by atoms with Crippen molar-refractivity contribution in [2.45, 2.75) is 37.9 Å². The average Bonchev–Trinajstić information content (AvgIpc) is 3.01. The molecule has 1 aromatic carbocycles. The number of carbonyl (C=O) groups excluding carboxylic acids is 2. The Morgan fingerprint density at radius 2 is 1.77 bits per heavy atom. The third kappa shape index (κ3) is 3.41. The van der Waals surface area contributed by atoms with Crippen molar-refractivity contribution in [1.82, 2.24) is 15.2 Å². The second-order valence-corrected chi connectivity index (χ2v) is 7.61. The first-order chi connectivity index (χ1) is 12.5. The van der Waals surface area contributed by atoms with E-state index in [1.54, 1.807) is 6.07 Å². The van der Waals surface area contributed by atoms with Gasteiger partial charge >= 0.3 is 11.8 Å². The average molecular weight is 390 g/mol. The molecule has 1 N–H and O–H groups in total. The Morgan fingerprint density at radius 3 is 2.50 bits per heavy atom. The molecule has 2 heterocycles. The van der Waals surface area contributed by atoms with E-state index < -0.39 is 11.8 Å². The Morgan fingerprint density at radius 1 is 1.04 bits per heavy atom. The van der Waals surface area contributed by atoms with Gasteiger partial charge in [0, 0.05) is 17.6 Å². The van der Waals surface area contributed by atoms with Crippen molar-refractivity contribution >= 4 is 35.0 Å². The summed E-state index contributed by atoms with van der Waals surface area (Å²) in [6, 6.07) is 11.3. The highest BCUT2D eigenvalue weighted by atomic mass is 35.5. The van der Waals surface area contributed by atoms with Crippen LogP contribution in [-0.4, -0.2) is 27.7 Å². The first-order valence-corrected chi connectivity index (χ1v) is 9.24. The van der Waals surface area contributed by atoms with Gasteiger partial charge in [-0.25, -0.2) is 4.98 Å². The molecule has 2 amide bonds. The van der Waals surface area contributed by atoms with Gasteiger partial charge in [0.1, 0.15) is 5.15 Å². The standard InChI is InChI=1S/C19H17Cl2N3O2/c20-14-4-1-11(2-5-14)13-7-15(8-13)22-18(25)19(26)24-9-12-3-6-17(21)23-16(12)10-24/h1-6,13,15H,7-10H2,(H,22,25). The Kier molecular flexibility index (Phi) is 4.59.